The minimum absolute atomic E-state index is 0. The van der Waals surface area contributed by atoms with Gasteiger partial charge in [-0.05, 0) is 38.9 Å². The molecule has 2 atom stereocenters. The van der Waals surface area contributed by atoms with Gasteiger partial charge in [-0.15, -0.1) is 12.4 Å². The predicted octanol–water partition coefficient (Wildman–Crippen LogP) is 4.41. The van der Waals surface area contributed by atoms with E-state index in [-0.39, 0.29) is 18.5 Å². The summed E-state index contributed by atoms with van der Waals surface area (Å²) in [6.45, 7) is 7.37. The first-order chi connectivity index (χ1) is 12.0. The fourth-order valence-electron chi connectivity index (χ4n) is 3.26. The summed E-state index contributed by atoms with van der Waals surface area (Å²) >= 11 is 6.04. The quantitative estimate of drug-likeness (QED) is 0.394. The minimum atomic E-state index is -0.421. The van der Waals surface area contributed by atoms with Crippen LogP contribution in [0.5, 0.6) is 5.75 Å². The number of carbonyl (C=O) groups excluding carboxylic acids is 1. The molecule has 1 aromatic carbocycles. The van der Waals surface area contributed by atoms with Gasteiger partial charge in [-0.2, -0.15) is 0 Å². The molecule has 1 fully saturated rings. The van der Waals surface area contributed by atoms with Crippen LogP contribution in [-0.4, -0.2) is 43.7 Å². The Bertz CT molecular complexity index is 598. The van der Waals surface area contributed by atoms with Crippen LogP contribution in [-0.2, 0) is 4.74 Å². The van der Waals surface area contributed by atoms with Gasteiger partial charge < -0.3 is 20.1 Å². The molecular weight excluding hydrogens is 375 g/mol. The maximum Gasteiger partial charge on any atom is 0.342 e. The fourth-order valence-corrected chi connectivity index (χ4v) is 3.42. The number of carbonyl (C=O) groups is 1. The van der Waals surface area contributed by atoms with Crippen molar-refractivity contribution in [2.24, 2.45) is 5.92 Å². The molecule has 0 spiro atoms. The maximum absolute atomic E-state index is 12.5. The summed E-state index contributed by atoms with van der Waals surface area (Å²) in [7, 11) is 1.49. The molecule has 0 aliphatic carbocycles. The number of rotatable bonds is 8. The molecule has 2 rings (SSSR count). The van der Waals surface area contributed by atoms with Gasteiger partial charge in [0.15, 0.2) is 0 Å². The van der Waals surface area contributed by atoms with Crippen LogP contribution in [0, 0.1) is 5.92 Å². The Labute approximate surface area is 167 Å². The number of anilines is 1. The number of likely N-dealkylation sites (tertiary alicyclic amines) is 1. The Kier molecular flexibility index (Phi) is 9.55. The van der Waals surface area contributed by atoms with Crippen molar-refractivity contribution in [3.8, 4) is 5.75 Å². The predicted molar refractivity (Wildman–Crippen MR) is 109 cm³/mol. The Balaban J connectivity index is 0.00000338. The number of hydrogen-bond donors (Lipinski definition) is 1. The van der Waals surface area contributed by atoms with E-state index in [4.69, 9.17) is 26.8 Å². The van der Waals surface area contributed by atoms with E-state index in [1.807, 2.05) is 6.92 Å². The Morgan fingerprint density at radius 2 is 2.15 bits per heavy atom. The SMILES string of the molecule is CCCCCN1CCC(C(C)OC(=O)c2cc(Cl)c(N)cc2OC)C1.Cl. The number of methoxy groups -OCH3 is 1. The van der Waals surface area contributed by atoms with Crippen LogP contribution >= 0.6 is 24.0 Å². The standard InChI is InChI=1S/C19H29ClN2O3.ClH/c1-4-5-6-8-22-9-7-14(12-22)13(2)25-19(23)15-10-16(20)17(21)11-18(15)24-3;/h10-11,13-14H,4-9,12,21H2,1-3H3;1H. The van der Waals surface area contributed by atoms with Crippen molar-refractivity contribution < 1.29 is 14.3 Å². The highest BCUT2D eigenvalue weighted by Gasteiger charge is 2.30. The van der Waals surface area contributed by atoms with Crippen molar-refractivity contribution in [2.45, 2.75) is 45.6 Å². The normalized spacial score (nSPS) is 18.2. The van der Waals surface area contributed by atoms with E-state index in [9.17, 15) is 4.79 Å². The molecule has 1 aromatic rings. The van der Waals surface area contributed by atoms with E-state index >= 15 is 0 Å². The lowest BCUT2D eigenvalue weighted by Crippen LogP contribution is -2.28. The van der Waals surface area contributed by atoms with E-state index in [2.05, 4.69) is 11.8 Å². The number of nitrogens with two attached hydrogens (primary N) is 1. The molecule has 7 heteroatoms. The second-order valence-electron chi connectivity index (χ2n) is 6.74. The molecule has 148 valence electrons. The molecule has 0 amide bonds. The van der Waals surface area contributed by atoms with E-state index in [1.54, 1.807) is 6.07 Å². The third kappa shape index (κ3) is 5.93. The third-order valence-electron chi connectivity index (χ3n) is 4.88. The van der Waals surface area contributed by atoms with Crippen molar-refractivity contribution >= 4 is 35.7 Å². The second kappa shape index (κ2) is 10.9. The number of benzene rings is 1. The molecule has 1 aliphatic rings. The van der Waals surface area contributed by atoms with Gasteiger partial charge in [-0.3, -0.25) is 0 Å². The van der Waals surface area contributed by atoms with Crippen LogP contribution < -0.4 is 10.5 Å². The number of unbranched alkanes of at least 4 members (excludes halogenated alkanes) is 2. The summed E-state index contributed by atoms with van der Waals surface area (Å²) in [4.78, 5) is 15.0. The lowest BCUT2D eigenvalue weighted by molar-refractivity contribution is 0.0203. The van der Waals surface area contributed by atoms with Gasteiger partial charge in [0.1, 0.15) is 17.4 Å². The largest absolute Gasteiger partial charge is 0.496 e. The first-order valence-corrected chi connectivity index (χ1v) is 9.40. The number of esters is 1. The lowest BCUT2D eigenvalue weighted by Gasteiger charge is -2.21. The van der Waals surface area contributed by atoms with Gasteiger partial charge in [0.2, 0.25) is 0 Å². The summed E-state index contributed by atoms with van der Waals surface area (Å²) in [6, 6.07) is 3.06. The number of hydrogen-bond acceptors (Lipinski definition) is 5. The van der Waals surface area contributed by atoms with Crippen LogP contribution in [0.2, 0.25) is 5.02 Å². The molecule has 2 N–H and O–H groups in total. The maximum atomic E-state index is 12.5. The lowest BCUT2D eigenvalue weighted by atomic mass is 10.0. The zero-order valence-electron chi connectivity index (χ0n) is 15.8. The number of nitrogen functional groups attached to an aromatic ring is 1. The van der Waals surface area contributed by atoms with Gasteiger partial charge in [-0.25, -0.2) is 4.79 Å². The molecule has 5 nitrogen and oxygen atoms in total. The van der Waals surface area contributed by atoms with E-state index in [0.29, 0.717) is 27.9 Å². The van der Waals surface area contributed by atoms with Crippen molar-refractivity contribution in [2.75, 3.05) is 32.5 Å². The highest BCUT2D eigenvalue weighted by atomic mass is 35.5. The minimum Gasteiger partial charge on any atom is -0.496 e. The zero-order valence-corrected chi connectivity index (χ0v) is 17.4. The third-order valence-corrected chi connectivity index (χ3v) is 5.21. The first kappa shape index (κ1) is 22.9. The molecular formula is C19H30Cl2N2O3. The van der Waals surface area contributed by atoms with Crippen LogP contribution in [0.1, 0.15) is 49.9 Å². The second-order valence-corrected chi connectivity index (χ2v) is 7.15. The van der Waals surface area contributed by atoms with E-state index in [0.717, 1.165) is 26.1 Å². The average Bonchev–Trinajstić information content (AvgIpc) is 3.06. The van der Waals surface area contributed by atoms with Crippen molar-refractivity contribution in [1.82, 2.24) is 4.90 Å². The van der Waals surface area contributed by atoms with E-state index < -0.39 is 5.97 Å². The van der Waals surface area contributed by atoms with Crippen molar-refractivity contribution in [3.63, 3.8) is 0 Å². The average molecular weight is 405 g/mol. The summed E-state index contributed by atoms with van der Waals surface area (Å²) in [5.41, 5.74) is 6.45. The first-order valence-electron chi connectivity index (χ1n) is 9.02. The fraction of sp³-hybridized carbons (Fsp3) is 0.632. The number of ether oxygens (including phenoxy) is 2. The topological polar surface area (TPSA) is 64.8 Å². The molecule has 1 saturated heterocycles. The summed E-state index contributed by atoms with van der Waals surface area (Å²) < 4.78 is 10.9. The summed E-state index contributed by atoms with van der Waals surface area (Å²) in [5, 5.41) is 0.323. The highest BCUT2D eigenvalue weighted by Crippen LogP contribution is 2.30. The summed E-state index contributed by atoms with van der Waals surface area (Å²) in [5.74, 6) is 0.322. The van der Waals surface area contributed by atoms with Crippen LogP contribution in [0.4, 0.5) is 5.69 Å². The van der Waals surface area contributed by atoms with Gasteiger partial charge in [0.05, 0.1) is 17.8 Å². The van der Waals surface area contributed by atoms with Gasteiger partial charge >= 0.3 is 5.97 Å². The molecule has 1 heterocycles. The molecule has 0 radical (unpaired) electrons. The van der Waals surface area contributed by atoms with Gasteiger partial charge in [-0.1, -0.05) is 31.4 Å². The van der Waals surface area contributed by atoms with Crippen molar-refractivity contribution in [1.29, 1.82) is 0 Å². The molecule has 0 saturated carbocycles. The summed E-state index contributed by atoms with van der Waals surface area (Å²) in [6.07, 6.45) is 4.64. The number of nitrogens with zero attached hydrogens (tertiary/aromatic N) is 1. The molecule has 1 aliphatic heterocycles. The zero-order chi connectivity index (χ0) is 18.4. The molecule has 2 unspecified atom stereocenters. The van der Waals surface area contributed by atoms with Gasteiger partial charge in [0.25, 0.3) is 0 Å². The van der Waals surface area contributed by atoms with Crippen LogP contribution in [0.3, 0.4) is 0 Å². The van der Waals surface area contributed by atoms with Gasteiger partial charge in [0, 0.05) is 18.5 Å². The number of halogens is 2. The van der Waals surface area contributed by atoms with Crippen molar-refractivity contribution in [3.05, 3.63) is 22.7 Å². The highest BCUT2D eigenvalue weighted by molar-refractivity contribution is 6.33. The van der Waals surface area contributed by atoms with Crippen LogP contribution in [0.15, 0.2) is 12.1 Å². The molecule has 26 heavy (non-hydrogen) atoms. The van der Waals surface area contributed by atoms with E-state index in [1.165, 1.54) is 32.4 Å². The Morgan fingerprint density at radius 3 is 2.81 bits per heavy atom. The molecule has 0 aromatic heterocycles. The molecule has 0 bridgehead atoms. The Hall–Kier alpha value is -1.17. The monoisotopic (exact) mass is 404 g/mol. The Morgan fingerprint density at radius 1 is 1.42 bits per heavy atom. The smallest absolute Gasteiger partial charge is 0.342 e. The van der Waals surface area contributed by atoms with Crippen LogP contribution in [0.25, 0.3) is 0 Å².